The monoisotopic (exact) mass is 393 g/mol. The minimum absolute atomic E-state index is 0.0731. The van der Waals surface area contributed by atoms with Crippen LogP contribution in [0.5, 0.6) is 0 Å². The number of H-pyrrole nitrogens is 1. The number of nitrogens with one attached hydrogen (secondary N) is 2. The van der Waals surface area contributed by atoms with Gasteiger partial charge in [-0.1, -0.05) is 70.5 Å². The zero-order chi connectivity index (χ0) is 21.0. The summed E-state index contributed by atoms with van der Waals surface area (Å²) in [7, 11) is 0. The lowest BCUT2D eigenvalue weighted by Crippen LogP contribution is -2.15. The van der Waals surface area contributed by atoms with Crippen molar-refractivity contribution in [2.75, 3.05) is 5.32 Å². The number of anilines is 1. The predicted octanol–water partition coefficient (Wildman–Crippen LogP) is 5.65. The molecule has 0 unspecified atom stereocenters. The van der Waals surface area contributed by atoms with Crippen LogP contribution in [0.4, 0.5) is 10.1 Å². The van der Waals surface area contributed by atoms with E-state index < -0.39 is 0 Å². The summed E-state index contributed by atoms with van der Waals surface area (Å²) in [5.41, 5.74) is 5.41. The van der Waals surface area contributed by atoms with E-state index in [1.54, 1.807) is 12.1 Å². The van der Waals surface area contributed by atoms with Crippen molar-refractivity contribution >= 4 is 11.6 Å². The van der Waals surface area contributed by atoms with Crippen LogP contribution in [0.3, 0.4) is 0 Å². The van der Waals surface area contributed by atoms with Crippen LogP contribution in [-0.2, 0) is 23.1 Å². The van der Waals surface area contributed by atoms with Crippen LogP contribution < -0.4 is 5.32 Å². The summed E-state index contributed by atoms with van der Waals surface area (Å²) in [6, 6.07) is 14.3. The molecule has 5 heteroatoms. The number of rotatable bonds is 6. The lowest BCUT2D eigenvalue weighted by atomic mass is 9.86. The van der Waals surface area contributed by atoms with Gasteiger partial charge in [0.1, 0.15) is 11.5 Å². The zero-order valence-electron chi connectivity index (χ0n) is 17.5. The average Bonchev–Trinajstić information content (AvgIpc) is 3.05. The van der Waals surface area contributed by atoms with Gasteiger partial charge in [0.05, 0.1) is 17.8 Å². The van der Waals surface area contributed by atoms with Gasteiger partial charge >= 0.3 is 0 Å². The lowest BCUT2D eigenvalue weighted by molar-refractivity contribution is -0.115. The molecule has 2 aromatic carbocycles. The molecule has 152 valence electrons. The highest BCUT2D eigenvalue weighted by Gasteiger charge is 2.19. The Labute approximate surface area is 171 Å². The van der Waals surface area contributed by atoms with Gasteiger partial charge in [-0.05, 0) is 35.1 Å². The number of carbonyl (C=O) groups is 1. The molecule has 0 fully saturated rings. The molecule has 4 nitrogen and oxygen atoms in total. The van der Waals surface area contributed by atoms with E-state index in [0.717, 1.165) is 41.0 Å². The predicted molar refractivity (Wildman–Crippen MR) is 115 cm³/mol. The third-order valence-electron chi connectivity index (χ3n) is 4.91. The summed E-state index contributed by atoms with van der Waals surface area (Å²) in [5.74, 6) is -0.460. The van der Waals surface area contributed by atoms with Crippen molar-refractivity contribution in [2.45, 2.75) is 52.4 Å². The maximum absolute atomic E-state index is 13.1. The Balaban J connectivity index is 1.86. The number of amides is 1. The Morgan fingerprint density at radius 3 is 2.31 bits per heavy atom. The molecule has 0 aliphatic heterocycles. The second kappa shape index (κ2) is 8.60. The molecule has 2 N–H and O–H groups in total. The minimum atomic E-state index is -0.310. The van der Waals surface area contributed by atoms with Crippen molar-refractivity contribution in [2.24, 2.45) is 0 Å². The fraction of sp³-hybridized carbons (Fsp3) is 0.333. The number of aryl methyl sites for hydroxylation is 1. The van der Waals surface area contributed by atoms with Gasteiger partial charge in [0.2, 0.25) is 5.91 Å². The molecule has 1 heterocycles. The maximum atomic E-state index is 13.1. The molecule has 0 spiro atoms. The van der Waals surface area contributed by atoms with Crippen LogP contribution in [-0.4, -0.2) is 16.1 Å². The van der Waals surface area contributed by atoms with E-state index in [-0.39, 0.29) is 23.6 Å². The summed E-state index contributed by atoms with van der Waals surface area (Å²) < 4.78 is 13.1. The summed E-state index contributed by atoms with van der Waals surface area (Å²) >= 11 is 0. The van der Waals surface area contributed by atoms with Crippen LogP contribution in [0, 0.1) is 5.82 Å². The van der Waals surface area contributed by atoms with E-state index in [9.17, 15) is 9.18 Å². The molecule has 29 heavy (non-hydrogen) atoms. The topological polar surface area (TPSA) is 57.8 Å². The molecule has 0 saturated carbocycles. The van der Waals surface area contributed by atoms with E-state index in [1.165, 1.54) is 17.7 Å². The summed E-state index contributed by atoms with van der Waals surface area (Å²) in [5, 5.41) is 10.6. The Bertz CT molecular complexity index is 967. The fourth-order valence-corrected chi connectivity index (χ4v) is 3.25. The molecule has 0 atom stereocenters. The zero-order valence-corrected chi connectivity index (χ0v) is 17.5. The van der Waals surface area contributed by atoms with Crippen LogP contribution in [0.1, 0.15) is 50.9 Å². The second-order valence-corrected chi connectivity index (χ2v) is 8.35. The Hall–Kier alpha value is -2.95. The van der Waals surface area contributed by atoms with Gasteiger partial charge in [-0.15, -0.1) is 0 Å². The van der Waals surface area contributed by atoms with E-state index >= 15 is 0 Å². The van der Waals surface area contributed by atoms with Gasteiger partial charge in [0.25, 0.3) is 0 Å². The number of carbonyl (C=O) groups excluding carboxylic acids is 1. The Morgan fingerprint density at radius 2 is 1.72 bits per heavy atom. The molecule has 3 aromatic rings. The van der Waals surface area contributed by atoms with Crippen LogP contribution in [0.25, 0.3) is 11.3 Å². The summed E-state index contributed by atoms with van der Waals surface area (Å²) in [6.07, 6.45) is 1.91. The van der Waals surface area contributed by atoms with Gasteiger partial charge in [0.15, 0.2) is 0 Å². The van der Waals surface area contributed by atoms with Crippen molar-refractivity contribution in [1.82, 2.24) is 10.2 Å². The second-order valence-electron chi connectivity index (χ2n) is 8.35. The number of hydrogen-bond donors (Lipinski definition) is 2. The fourth-order valence-electron chi connectivity index (χ4n) is 3.25. The first-order valence-electron chi connectivity index (χ1n) is 10.0. The van der Waals surface area contributed by atoms with Gasteiger partial charge in [0, 0.05) is 5.56 Å². The summed E-state index contributed by atoms with van der Waals surface area (Å²) in [4.78, 5) is 12.6. The number of aromatic nitrogens is 2. The molecule has 1 aromatic heterocycles. The molecule has 0 aliphatic rings. The maximum Gasteiger partial charge on any atom is 0.228 e. The standard InChI is InChI=1S/C24H28FN3O/c1-5-6-20-23(26-21(29)15-16-7-13-19(25)14-8-16)22(28-27-20)17-9-11-18(12-10-17)24(2,3)4/h7-14H,5-6,15H2,1-4H3,(H,26,29)(H,27,28). The van der Waals surface area contributed by atoms with E-state index in [4.69, 9.17) is 0 Å². The molecule has 3 rings (SSSR count). The largest absolute Gasteiger partial charge is 0.322 e. The minimum Gasteiger partial charge on any atom is -0.322 e. The average molecular weight is 394 g/mol. The van der Waals surface area contributed by atoms with Crippen molar-refractivity contribution in [1.29, 1.82) is 0 Å². The molecular weight excluding hydrogens is 365 g/mol. The van der Waals surface area contributed by atoms with Crippen molar-refractivity contribution in [3.8, 4) is 11.3 Å². The number of benzene rings is 2. The highest BCUT2D eigenvalue weighted by Crippen LogP contribution is 2.32. The first-order chi connectivity index (χ1) is 13.8. The molecular formula is C24H28FN3O. The molecule has 0 saturated heterocycles. The van der Waals surface area contributed by atoms with Crippen molar-refractivity contribution < 1.29 is 9.18 Å². The SMILES string of the molecule is CCCc1[nH]nc(-c2ccc(C(C)(C)C)cc2)c1NC(=O)Cc1ccc(F)cc1. The van der Waals surface area contributed by atoms with E-state index in [1.807, 2.05) is 12.1 Å². The van der Waals surface area contributed by atoms with Gasteiger partial charge < -0.3 is 5.32 Å². The Morgan fingerprint density at radius 1 is 1.07 bits per heavy atom. The highest BCUT2D eigenvalue weighted by molar-refractivity contribution is 5.96. The van der Waals surface area contributed by atoms with Gasteiger partial charge in [-0.25, -0.2) is 4.39 Å². The quantitative estimate of drug-likeness (QED) is 0.569. The number of aromatic amines is 1. The third kappa shape index (κ3) is 5.11. The first-order valence-corrected chi connectivity index (χ1v) is 10.0. The molecule has 0 bridgehead atoms. The van der Waals surface area contributed by atoms with Crippen LogP contribution in [0.2, 0.25) is 0 Å². The molecule has 0 aliphatic carbocycles. The van der Waals surface area contributed by atoms with Crippen LogP contribution >= 0.6 is 0 Å². The molecule has 0 radical (unpaired) electrons. The van der Waals surface area contributed by atoms with Crippen molar-refractivity contribution in [3.63, 3.8) is 0 Å². The Kier molecular flexibility index (Phi) is 6.16. The summed E-state index contributed by atoms with van der Waals surface area (Å²) in [6.45, 7) is 8.62. The van der Waals surface area contributed by atoms with E-state index in [0.29, 0.717) is 0 Å². The smallest absolute Gasteiger partial charge is 0.228 e. The number of halogens is 1. The van der Waals surface area contributed by atoms with Crippen LogP contribution in [0.15, 0.2) is 48.5 Å². The highest BCUT2D eigenvalue weighted by atomic mass is 19.1. The first kappa shape index (κ1) is 20.8. The molecule has 1 amide bonds. The number of nitrogens with zero attached hydrogens (tertiary/aromatic N) is 1. The number of hydrogen-bond acceptors (Lipinski definition) is 2. The van der Waals surface area contributed by atoms with Gasteiger partial charge in [-0.2, -0.15) is 5.10 Å². The normalized spacial score (nSPS) is 11.5. The van der Waals surface area contributed by atoms with E-state index in [2.05, 4.69) is 55.3 Å². The van der Waals surface area contributed by atoms with Gasteiger partial charge in [-0.3, -0.25) is 9.89 Å². The third-order valence-corrected chi connectivity index (χ3v) is 4.91. The van der Waals surface area contributed by atoms with Crippen molar-refractivity contribution in [3.05, 3.63) is 71.2 Å². The lowest BCUT2D eigenvalue weighted by Gasteiger charge is -2.19.